The maximum absolute atomic E-state index is 12.3. The van der Waals surface area contributed by atoms with Gasteiger partial charge in [-0.15, -0.1) is 0 Å². The number of esters is 1. The fraction of sp³-hybridized carbons (Fsp3) is 0.600. The molecule has 6 nitrogen and oxygen atoms in total. The summed E-state index contributed by atoms with van der Waals surface area (Å²) in [6.07, 6.45) is 3.30. The molecule has 0 aromatic heterocycles. The zero-order valence-corrected chi connectivity index (χ0v) is 16.3. The standard InChI is InChI=1S/C20H25ClN2O4/c1-2-26-19(25)23-9-5-15(6-10-23)22-11-7-20(8-12-22)17-4-3-14(21)13-16(17)18(24)27-20/h3-4,13,15H,2,5-12H2,1H3. The van der Waals surface area contributed by atoms with Gasteiger partial charge < -0.3 is 14.4 Å². The zero-order valence-electron chi connectivity index (χ0n) is 15.6. The Labute approximate surface area is 164 Å². The second-order valence-corrected chi connectivity index (χ2v) is 7.96. The lowest BCUT2D eigenvalue weighted by Crippen LogP contribution is -2.51. The zero-order chi connectivity index (χ0) is 19.0. The molecule has 0 N–H and O–H groups in total. The molecule has 2 saturated heterocycles. The summed E-state index contributed by atoms with van der Waals surface area (Å²) in [4.78, 5) is 28.4. The number of rotatable bonds is 2. The molecule has 0 aliphatic carbocycles. The number of nitrogens with zero attached hydrogens (tertiary/aromatic N) is 2. The first kappa shape index (κ1) is 18.6. The molecule has 27 heavy (non-hydrogen) atoms. The highest BCUT2D eigenvalue weighted by molar-refractivity contribution is 6.31. The first-order chi connectivity index (χ1) is 13.0. The number of amides is 1. The smallest absolute Gasteiger partial charge is 0.409 e. The molecule has 3 aliphatic rings. The minimum atomic E-state index is -0.501. The Morgan fingerprint density at radius 3 is 2.63 bits per heavy atom. The summed E-state index contributed by atoms with van der Waals surface area (Å²) < 4.78 is 10.9. The molecule has 4 rings (SSSR count). The number of likely N-dealkylation sites (tertiary alicyclic amines) is 2. The highest BCUT2D eigenvalue weighted by Gasteiger charge is 2.48. The predicted molar refractivity (Wildman–Crippen MR) is 101 cm³/mol. The van der Waals surface area contributed by atoms with E-state index in [1.54, 1.807) is 11.0 Å². The molecule has 2 fully saturated rings. The van der Waals surface area contributed by atoms with Crippen LogP contribution in [0, 0.1) is 0 Å². The van der Waals surface area contributed by atoms with E-state index in [-0.39, 0.29) is 12.1 Å². The molecule has 1 aromatic rings. The second-order valence-electron chi connectivity index (χ2n) is 7.53. The van der Waals surface area contributed by atoms with Crippen molar-refractivity contribution >= 4 is 23.7 Å². The van der Waals surface area contributed by atoms with Crippen molar-refractivity contribution in [2.45, 2.75) is 44.2 Å². The number of carbonyl (C=O) groups is 2. The highest BCUT2D eigenvalue weighted by atomic mass is 35.5. The van der Waals surface area contributed by atoms with E-state index < -0.39 is 5.60 Å². The van der Waals surface area contributed by atoms with Crippen molar-refractivity contribution in [2.24, 2.45) is 0 Å². The van der Waals surface area contributed by atoms with Crippen molar-refractivity contribution in [1.29, 1.82) is 0 Å². The summed E-state index contributed by atoms with van der Waals surface area (Å²) in [7, 11) is 0. The van der Waals surface area contributed by atoms with Crippen LogP contribution in [0.4, 0.5) is 4.79 Å². The van der Waals surface area contributed by atoms with E-state index in [1.165, 1.54) is 0 Å². The molecule has 3 aliphatic heterocycles. The maximum atomic E-state index is 12.3. The third-order valence-corrected chi connectivity index (χ3v) is 6.33. The first-order valence-corrected chi connectivity index (χ1v) is 10.1. The van der Waals surface area contributed by atoms with Gasteiger partial charge in [-0.2, -0.15) is 0 Å². The summed E-state index contributed by atoms with van der Waals surface area (Å²) in [6.45, 7) is 5.50. The number of fused-ring (bicyclic) bond motifs is 2. The highest BCUT2D eigenvalue weighted by Crippen LogP contribution is 2.45. The van der Waals surface area contributed by atoms with E-state index in [9.17, 15) is 9.59 Å². The number of carbonyl (C=O) groups excluding carboxylic acids is 2. The van der Waals surface area contributed by atoms with E-state index in [1.807, 2.05) is 19.1 Å². The Morgan fingerprint density at radius 1 is 1.26 bits per heavy atom. The third-order valence-electron chi connectivity index (χ3n) is 6.09. The van der Waals surface area contributed by atoms with Crippen LogP contribution < -0.4 is 0 Å². The minimum absolute atomic E-state index is 0.207. The second kappa shape index (κ2) is 7.32. The van der Waals surface area contributed by atoms with E-state index in [0.29, 0.717) is 23.2 Å². The van der Waals surface area contributed by atoms with Gasteiger partial charge in [0.05, 0.1) is 12.2 Å². The van der Waals surface area contributed by atoms with Gasteiger partial charge in [-0.25, -0.2) is 9.59 Å². The summed E-state index contributed by atoms with van der Waals surface area (Å²) >= 11 is 6.04. The molecule has 0 bridgehead atoms. The predicted octanol–water partition coefficient (Wildman–Crippen LogP) is 3.42. The quantitative estimate of drug-likeness (QED) is 0.722. The molecule has 0 unspecified atom stereocenters. The Balaban J connectivity index is 1.37. The Kier molecular flexibility index (Phi) is 5.03. The van der Waals surface area contributed by atoms with Crippen molar-refractivity contribution in [2.75, 3.05) is 32.8 Å². The fourth-order valence-electron chi connectivity index (χ4n) is 4.62. The van der Waals surface area contributed by atoms with Crippen LogP contribution >= 0.6 is 11.6 Å². The lowest BCUT2D eigenvalue weighted by Gasteiger charge is -2.44. The van der Waals surface area contributed by atoms with Gasteiger partial charge in [0.2, 0.25) is 0 Å². The lowest BCUT2D eigenvalue weighted by molar-refractivity contribution is -0.0529. The number of hydrogen-bond acceptors (Lipinski definition) is 5. The first-order valence-electron chi connectivity index (χ1n) is 9.71. The molecular weight excluding hydrogens is 368 g/mol. The molecule has 1 amide bonds. The van der Waals surface area contributed by atoms with Gasteiger partial charge >= 0.3 is 12.1 Å². The monoisotopic (exact) mass is 392 g/mol. The van der Waals surface area contributed by atoms with Crippen molar-refractivity contribution < 1.29 is 19.1 Å². The van der Waals surface area contributed by atoms with Crippen LogP contribution in [0.5, 0.6) is 0 Å². The van der Waals surface area contributed by atoms with Gasteiger partial charge in [0, 0.05) is 55.6 Å². The van der Waals surface area contributed by atoms with Crippen LogP contribution in [0.2, 0.25) is 5.02 Å². The average molecular weight is 393 g/mol. The topological polar surface area (TPSA) is 59.1 Å². The van der Waals surface area contributed by atoms with E-state index in [0.717, 1.165) is 57.4 Å². The largest absolute Gasteiger partial charge is 0.450 e. The lowest BCUT2D eigenvalue weighted by atomic mass is 9.83. The summed E-state index contributed by atoms with van der Waals surface area (Å²) in [6, 6.07) is 5.96. The molecular formula is C20H25ClN2O4. The number of halogens is 1. The van der Waals surface area contributed by atoms with Crippen LogP contribution in [-0.4, -0.2) is 60.7 Å². The SMILES string of the molecule is CCOC(=O)N1CCC(N2CCC3(CC2)OC(=O)c2cc(Cl)ccc23)CC1. The van der Waals surface area contributed by atoms with Gasteiger partial charge in [0.25, 0.3) is 0 Å². The van der Waals surface area contributed by atoms with Gasteiger partial charge in [0.1, 0.15) is 5.60 Å². The van der Waals surface area contributed by atoms with Crippen molar-refractivity contribution in [3.63, 3.8) is 0 Å². The molecule has 146 valence electrons. The van der Waals surface area contributed by atoms with Gasteiger partial charge in [0.15, 0.2) is 0 Å². The van der Waals surface area contributed by atoms with Gasteiger partial charge in [-0.3, -0.25) is 4.90 Å². The van der Waals surface area contributed by atoms with Crippen LogP contribution in [0.15, 0.2) is 18.2 Å². The van der Waals surface area contributed by atoms with Crippen molar-refractivity contribution in [3.8, 4) is 0 Å². The normalized spacial score (nSPS) is 22.6. The molecule has 7 heteroatoms. The minimum Gasteiger partial charge on any atom is -0.450 e. The Bertz CT molecular complexity index is 737. The molecule has 1 spiro atoms. The fourth-order valence-corrected chi connectivity index (χ4v) is 4.79. The van der Waals surface area contributed by atoms with Gasteiger partial charge in [-0.1, -0.05) is 17.7 Å². The average Bonchev–Trinajstić information content (AvgIpc) is 2.94. The number of benzene rings is 1. The maximum Gasteiger partial charge on any atom is 0.409 e. The molecule has 0 atom stereocenters. The summed E-state index contributed by atoms with van der Waals surface area (Å²) in [5.41, 5.74) is 1.09. The van der Waals surface area contributed by atoms with Crippen LogP contribution in [0.25, 0.3) is 0 Å². The Hall–Kier alpha value is -1.79. The van der Waals surface area contributed by atoms with Crippen molar-refractivity contribution in [3.05, 3.63) is 34.3 Å². The van der Waals surface area contributed by atoms with Crippen LogP contribution in [-0.2, 0) is 15.1 Å². The number of piperidine rings is 2. The Morgan fingerprint density at radius 2 is 1.96 bits per heavy atom. The molecule has 0 radical (unpaired) electrons. The molecule has 1 aromatic carbocycles. The van der Waals surface area contributed by atoms with Crippen LogP contribution in [0.3, 0.4) is 0 Å². The number of hydrogen-bond donors (Lipinski definition) is 0. The van der Waals surface area contributed by atoms with E-state index >= 15 is 0 Å². The third kappa shape index (κ3) is 3.41. The van der Waals surface area contributed by atoms with Gasteiger partial charge in [-0.05, 0) is 31.9 Å². The molecule has 3 heterocycles. The van der Waals surface area contributed by atoms with Crippen LogP contribution in [0.1, 0.15) is 48.5 Å². The molecule has 0 saturated carbocycles. The van der Waals surface area contributed by atoms with E-state index in [4.69, 9.17) is 21.1 Å². The van der Waals surface area contributed by atoms with E-state index in [2.05, 4.69) is 4.90 Å². The summed E-state index contributed by atoms with van der Waals surface area (Å²) in [5, 5.41) is 0.563. The summed E-state index contributed by atoms with van der Waals surface area (Å²) in [5.74, 6) is -0.260. The van der Waals surface area contributed by atoms with Crippen molar-refractivity contribution in [1.82, 2.24) is 9.80 Å². The number of ether oxygens (including phenoxy) is 2.